The van der Waals surface area contributed by atoms with Gasteiger partial charge in [0, 0.05) is 45.6 Å². The number of ether oxygens (including phenoxy) is 1. The molecule has 2 saturated heterocycles. The molecule has 24 heavy (non-hydrogen) atoms. The Morgan fingerprint density at radius 1 is 1.25 bits per heavy atom. The lowest BCUT2D eigenvalue weighted by atomic mass is 9.76. The predicted octanol–water partition coefficient (Wildman–Crippen LogP) is 0.771. The minimum Gasteiger partial charge on any atom is -0.383 e. The van der Waals surface area contributed by atoms with Gasteiger partial charge in [-0.1, -0.05) is 0 Å². The molecule has 0 N–H and O–H groups in total. The first-order valence-electron chi connectivity index (χ1n) is 8.99. The van der Waals surface area contributed by atoms with Crippen LogP contribution >= 0.6 is 0 Å². The van der Waals surface area contributed by atoms with Crippen molar-refractivity contribution in [2.24, 2.45) is 11.3 Å². The van der Waals surface area contributed by atoms with Crippen LogP contribution in [0.25, 0.3) is 0 Å². The van der Waals surface area contributed by atoms with Crippen LogP contribution in [-0.4, -0.2) is 82.1 Å². The van der Waals surface area contributed by atoms with Crippen molar-refractivity contribution in [3.8, 4) is 0 Å². The average molecular weight is 359 g/mol. The number of hydrogen-bond acceptors (Lipinski definition) is 5. The second-order valence-corrected chi connectivity index (χ2v) is 10.3. The number of carbonyl (C=O) groups excluding carboxylic acids is 1. The van der Waals surface area contributed by atoms with Crippen LogP contribution in [0.15, 0.2) is 0 Å². The van der Waals surface area contributed by atoms with Gasteiger partial charge >= 0.3 is 0 Å². The van der Waals surface area contributed by atoms with Gasteiger partial charge in [0.25, 0.3) is 0 Å². The van der Waals surface area contributed by atoms with Gasteiger partial charge in [-0.15, -0.1) is 0 Å². The van der Waals surface area contributed by atoms with Crippen molar-refractivity contribution in [2.75, 3.05) is 51.9 Å². The molecule has 2 heterocycles. The summed E-state index contributed by atoms with van der Waals surface area (Å²) < 4.78 is 28.1. The topological polar surface area (TPSA) is 66.9 Å². The number of nitrogens with zero attached hydrogens (tertiary/aromatic N) is 2. The quantitative estimate of drug-likeness (QED) is 0.702. The normalized spacial score (nSPS) is 27.8. The van der Waals surface area contributed by atoms with E-state index in [-0.39, 0.29) is 17.1 Å². The van der Waals surface area contributed by atoms with Gasteiger partial charge in [-0.05, 0) is 43.4 Å². The van der Waals surface area contributed by atoms with E-state index in [0.717, 1.165) is 44.6 Å². The Bertz CT molecular complexity index is 565. The zero-order valence-corrected chi connectivity index (χ0v) is 15.7. The molecular formula is C17H30N2O4S. The molecule has 0 bridgehead atoms. The van der Waals surface area contributed by atoms with E-state index >= 15 is 0 Å². The number of methoxy groups -OCH3 is 1. The van der Waals surface area contributed by atoms with Crippen LogP contribution in [0.5, 0.6) is 0 Å². The van der Waals surface area contributed by atoms with E-state index in [1.165, 1.54) is 19.4 Å². The molecule has 0 aromatic rings. The zero-order valence-electron chi connectivity index (χ0n) is 14.9. The van der Waals surface area contributed by atoms with Gasteiger partial charge in [-0.3, -0.25) is 9.69 Å². The number of likely N-dealkylation sites (tertiary alicyclic amines) is 2. The summed E-state index contributed by atoms with van der Waals surface area (Å²) in [6.07, 6.45) is 6.93. The van der Waals surface area contributed by atoms with E-state index in [1.54, 1.807) is 12.0 Å². The number of rotatable bonds is 6. The summed E-state index contributed by atoms with van der Waals surface area (Å²) in [7, 11) is -1.48. The molecule has 3 rings (SSSR count). The maximum absolute atomic E-state index is 12.1. The highest BCUT2D eigenvalue weighted by Gasteiger charge is 2.46. The maximum atomic E-state index is 12.1. The highest BCUT2D eigenvalue weighted by molar-refractivity contribution is 7.91. The summed E-state index contributed by atoms with van der Waals surface area (Å²) in [4.78, 5) is 16.5. The smallest absolute Gasteiger partial charge is 0.237 e. The lowest BCUT2D eigenvalue weighted by molar-refractivity contribution is -0.130. The number of carbonyl (C=O) groups is 1. The summed E-state index contributed by atoms with van der Waals surface area (Å²) in [5, 5.41) is 0. The first-order chi connectivity index (χ1) is 11.3. The third-order valence-electron chi connectivity index (χ3n) is 5.83. The molecule has 1 saturated carbocycles. The monoisotopic (exact) mass is 358 g/mol. The number of piperidine rings is 1. The van der Waals surface area contributed by atoms with Crippen LogP contribution < -0.4 is 0 Å². The fraction of sp³-hybridized carbons (Fsp3) is 0.941. The van der Waals surface area contributed by atoms with E-state index < -0.39 is 9.84 Å². The Hall–Kier alpha value is -0.660. The van der Waals surface area contributed by atoms with Gasteiger partial charge in [0.1, 0.15) is 5.75 Å². The van der Waals surface area contributed by atoms with Crippen LogP contribution in [-0.2, 0) is 19.4 Å². The Kier molecular flexibility index (Phi) is 5.23. The molecule has 6 nitrogen and oxygen atoms in total. The van der Waals surface area contributed by atoms with Gasteiger partial charge in [0.15, 0.2) is 9.84 Å². The first kappa shape index (κ1) is 18.1. The summed E-state index contributed by atoms with van der Waals surface area (Å²) in [5.41, 5.74) is 0.278. The molecule has 1 unspecified atom stereocenters. The maximum Gasteiger partial charge on any atom is 0.237 e. The van der Waals surface area contributed by atoms with E-state index in [2.05, 4.69) is 4.90 Å². The molecule has 3 aliphatic rings. The van der Waals surface area contributed by atoms with Gasteiger partial charge < -0.3 is 9.64 Å². The molecular weight excluding hydrogens is 328 g/mol. The fourth-order valence-electron chi connectivity index (χ4n) is 4.36. The molecule has 1 amide bonds. The van der Waals surface area contributed by atoms with Gasteiger partial charge in [-0.25, -0.2) is 8.42 Å². The Morgan fingerprint density at radius 2 is 1.92 bits per heavy atom. The van der Waals surface area contributed by atoms with Crippen molar-refractivity contribution >= 4 is 15.7 Å². The average Bonchev–Trinajstić information content (AvgIpc) is 3.23. The van der Waals surface area contributed by atoms with Gasteiger partial charge in [0.2, 0.25) is 5.91 Å². The van der Waals surface area contributed by atoms with Crippen molar-refractivity contribution in [1.29, 1.82) is 0 Å². The second-order valence-electron chi connectivity index (χ2n) is 8.14. The Labute approximate surface area is 145 Å². The van der Waals surface area contributed by atoms with E-state index in [9.17, 15) is 13.2 Å². The van der Waals surface area contributed by atoms with Crippen molar-refractivity contribution in [2.45, 2.75) is 38.1 Å². The molecule has 0 aromatic carbocycles. The van der Waals surface area contributed by atoms with Crippen molar-refractivity contribution in [3.63, 3.8) is 0 Å². The molecule has 7 heteroatoms. The van der Waals surface area contributed by atoms with Gasteiger partial charge in [-0.2, -0.15) is 0 Å². The molecule has 2 aliphatic heterocycles. The van der Waals surface area contributed by atoms with Crippen LogP contribution in [0.4, 0.5) is 0 Å². The summed E-state index contributed by atoms with van der Waals surface area (Å²) in [5.74, 6) is 0.268. The molecule has 1 spiro atoms. The van der Waals surface area contributed by atoms with E-state index in [4.69, 9.17) is 4.74 Å². The van der Waals surface area contributed by atoms with Crippen LogP contribution in [0.2, 0.25) is 0 Å². The minimum atomic E-state index is -3.25. The molecule has 0 aromatic heterocycles. The van der Waals surface area contributed by atoms with E-state index in [0.29, 0.717) is 19.1 Å². The first-order valence-corrected chi connectivity index (χ1v) is 11.0. The standard InChI is InChI=1S/C17H30N2O4S/c1-23-11-15-9-17(13-19(15)10-14-3-4-14)5-7-18(8-6-17)16(20)12-24(2,21)22/h14-15H,3-13H2,1-2H3. The highest BCUT2D eigenvalue weighted by Crippen LogP contribution is 2.45. The SMILES string of the molecule is COCC1CC2(CCN(C(=O)CS(C)(=O)=O)CC2)CN1CC1CC1. The molecule has 1 atom stereocenters. The van der Waals surface area contributed by atoms with Crippen LogP contribution in [0.1, 0.15) is 32.1 Å². The van der Waals surface area contributed by atoms with Crippen molar-refractivity contribution < 1.29 is 17.9 Å². The molecule has 3 fully saturated rings. The summed E-state index contributed by atoms with van der Waals surface area (Å²) in [6, 6.07) is 0.494. The van der Waals surface area contributed by atoms with Gasteiger partial charge in [0.05, 0.1) is 6.61 Å². The molecule has 0 radical (unpaired) electrons. The number of amides is 1. The van der Waals surface area contributed by atoms with Crippen molar-refractivity contribution in [1.82, 2.24) is 9.80 Å². The fourth-order valence-corrected chi connectivity index (χ4v) is 5.00. The number of sulfone groups is 1. The zero-order chi connectivity index (χ0) is 17.4. The van der Waals surface area contributed by atoms with Crippen molar-refractivity contribution in [3.05, 3.63) is 0 Å². The highest BCUT2D eigenvalue weighted by atomic mass is 32.2. The second kappa shape index (κ2) is 6.92. The summed E-state index contributed by atoms with van der Waals surface area (Å²) >= 11 is 0. The molecule has 1 aliphatic carbocycles. The largest absolute Gasteiger partial charge is 0.383 e. The van der Waals surface area contributed by atoms with Crippen LogP contribution in [0.3, 0.4) is 0 Å². The lowest BCUT2D eigenvalue weighted by Gasteiger charge is -2.39. The third-order valence-corrected chi connectivity index (χ3v) is 6.61. The Balaban J connectivity index is 1.57. The van der Waals surface area contributed by atoms with Crippen LogP contribution in [0, 0.1) is 11.3 Å². The van der Waals surface area contributed by atoms with E-state index in [1.807, 2.05) is 0 Å². The number of hydrogen-bond donors (Lipinski definition) is 0. The third kappa shape index (κ3) is 4.49. The minimum absolute atomic E-state index is 0.242. The molecule has 138 valence electrons. The lowest BCUT2D eigenvalue weighted by Crippen LogP contribution is -2.46. The Morgan fingerprint density at radius 3 is 2.46 bits per heavy atom. The predicted molar refractivity (Wildman–Crippen MR) is 92.5 cm³/mol. The summed E-state index contributed by atoms with van der Waals surface area (Å²) in [6.45, 7) is 4.44.